The van der Waals surface area contributed by atoms with Gasteiger partial charge in [-0.3, -0.25) is 4.79 Å². The van der Waals surface area contributed by atoms with Crippen molar-refractivity contribution in [2.45, 2.75) is 74.0 Å². The summed E-state index contributed by atoms with van der Waals surface area (Å²) in [5, 5.41) is 39.6. The number of aliphatic hydroxyl groups is 2. The van der Waals surface area contributed by atoms with E-state index in [1.807, 2.05) is 24.3 Å². The van der Waals surface area contributed by atoms with Gasteiger partial charge in [0.2, 0.25) is 0 Å². The molecule has 18 heteroatoms. The van der Waals surface area contributed by atoms with Crippen LogP contribution >= 0.6 is 11.6 Å². The number of halogens is 1. The average Bonchev–Trinajstić information content (AvgIpc) is 3.73. The zero-order valence-electron chi connectivity index (χ0n) is 38.2. The van der Waals surface area contributed by atoms with Crippen LogP contribution in [0.2, 0.25) is 0 Å². The molecule has 2 aromatic carbocycles. The SMILES string of the molecule is CN(C)[C@@H]1Cc2ccc(O)c3c2[C@]2(C)C1C=C[C@H](O)[C@@H]2O3.COCCOCCl.COCCOCOc1ccc2c3c1O[C@H]1[C@@H](O)C=CC([C@H](N(C)C)C2)[C@@]31C.O=CO[O-].[H-].[K+].[K+]. The van der Waals surface area contributed by atoms with Crippen LogP contribution in [0, 0.1) is 11.8 Å². The van der Waals surface area contributed by atoms with E-state index in [4.69, 9.17) is 50.1 Å². The second-order valence-electron chi connectivity index (χ2n) is 16.2. The van der Waals surface area contributed by atoms with Gasteiger partial charge in [0, 0.05) is 60.1 Å². The number of phenolic OH excluding ortho intramolecular Hbond substituents is 1. The number of carbonyl (C=O) groups excluding carboxylic acids is 1. The Bertz CT molecular complexity index is 1790. The standard InChI is InChI=1S/C21H29NO5.C17H21NO3.C4H9ClO2.CH2O3.2K.H/c1-21-14-6-7-16(23)20(21)27-19-17(26-12-25-10-9-24-4)8-5-13(18(19)21)11-15(14)22(2)3;1-17-10-5-7-13(20)16(17)21-15-12(19)6-4-9(14(15)17)8-11(10)18(2)3;1-6-2-3-7-4-5;2-1-4-3;;;/h5-8,14-16,20,23H,9-12H2,1-4H3;4-7,10-11,13,16,19-20H,8H2,1-3H3;2-4H2,1H3;1,3H;;;/q;;;;2*+1;-1/p-1/t14?,15-,16+,20+,21+;10?,11-,13+,16+,17+;;;;;/m11...../s1. The molecule has 6 aliphatic rings. The summed E-state index contributed by atoms with van der Waals surface area (Å²) in [7, 11) is 11.7. The fourth-order valence-electron chi connectivity index (χ4n) is 9.77. The number of methoxy groups -OCH3 is 2. The van der Waals surface area contributed by atoms with Gasteiger partial charge in [0.15, 0.2) is 29.8 Å². The van der Waals surface area contributed by atoms with E-state index in [1.54, 1.807) is 20.3 Å². The number of rotatable bonds is 13. The molecule has 4 aliphatic carbocycles. The van der Waals surface area contributed by atoms with Gasteiger partial charge in [-0.1, -0.05) is 61.9 Å². The van der Waals surface area contributed by atoms with E-state index in [1.165, 1.54) is 16.7 Å². The second kappa shape index (κ2) is 25.1. The van der Waals surface area contributed by atoms with E-state index in [9.17, 15) is 15.3 Å². The molecule has 2 unspecified atom stereocenters. The maximum Gasteiger partial charge on any atom is 1.00 e. The molecule has 0 radical (unpaired) electrons. The molecule has 0 spiro atoms. The average molecular weight is 928 g/mol. The van der Waals surface area contributed by atoms with E-state index in [-0.39, 0.29) is 164 Å². The van der Waals surface area contributed by atoms with Crippen LogP contribution in [0.5, 0.6) is 23.0 Å². The van der Waals surface area contributed by atoms with Gasteiger partial charge in [0.1, 0.15) is 30.5 Å². The first-order valence-corrected chi connectivity index (χ1v) is 20.2. The van der Waals surface area contributed by atoms with Gasteiger partial charge in [0.05, 0.1) is 26.4 Å². The maximum atomic E-state index is 10.6. The summed E-state index contributed by atoms with van der Waals surface area (Å²) in [5.74, 6) is 2.75. The Labute approximate surface area is 451 Å². The van der Waals surface area contributed by atoms with Crippen molar-refractivity contribution >= 4 is 18.1 Å². The first-order chi connectivity index (χ1) is 28.2. The normalized spacial score (nSPS) is 29.6. The quantitative estimate of drug-likeness (QED) is 0.0264. The monoisotopic (exact) mass is 926 g/mol. The molecule has 0 saturated heterocycles. The molecule has 330 valence electrons. The van der Waals surface area contributed by atoms with Crippen LogP contribution in [-0.4, -0.2) is 150 Å². The molecular weight excluding hydrogens is 866 g/mol. The number of aliphatic hydroxyl groups excluding tert-OH is 2. The van der Waals surface area contributed by atoms with Crippen LogP contribution in [0.1, 0.15) is 37.5 Å². The minimum absolute atomic E-state index is 0. The third-order valence-electron chi connectivity index (χ3n) is 12.5. The number of carbonyl (C=O) groups is 1. The van der Waals surface area contributed by atoms with Crippen molar-refractivity contribution in [1.82, 2.24) is 9.80 Å². The van der Waals surface area contributed by atoms with Crippen molar-refractivity contribution in [2.24, 2.45) is 11.8 Å². The summed E-state index contributed by atoms with van der Waals surface area (Å²) in [4.78, 5) is 15.8. The predicted octanol–water partition coefficient (Wildman–Crippen LogP) is -3.42. The summed E-state index contributed by atoms with van der Waals surface area (Å²) in [5.41, 5.74) is 4.23. The molecule has 0 aromatic heterocycles. The largest absolute Gasteiger partial charge is 1.00 e. The number of likely N-dealkylation sites (N-methyl/N-ethyl adjacent to an activating group) is 2. The van der Waals surface area contributed by atoms with Gasteiger partial charge in [-0.2, -0.15) is 0 Å². The van der Waals surface area contributed by atoms with Crippen molar-refractivity contribution < 1.29 is 168 Å². The second-order valence-corrected chi connectivity index (χ2v) is 16.4. The molecule has 0 fully saturated rings. The van der Waals surface area contributed by atoms with Gasteiger partial charge >= 0.3 is 103 Å². The number of hydrogen-bond acceptors (Lipinski definition) is 15. The number of phenols is 1. The molecule has 0 amide bonds. The predicted molar refractivity (Wildman–Crippen MR) is 218 cm³/mol. The van der Waals surface area contributed by atoms with Gasteiger partial charge in [0.25, 0.3) is 6.47 Å². The Balaban J connectivity index is 0.000000337. The van der Waals surface area contributed by atoms with Crippen LogP contribution in [0.4, 0.5) is 0 Å². The Morgan fingerprint density at radius 1 is 0.787 bits per heavy atom. The van der Waals surface area contributed by atoms with E-state index in [0.717, 1.165) is 24.2 Å². The molecule has 0 saturated carbocycles. The number of nitrogens with zero attached hydrogens (tertiary/aromatic N) is 2. The number of hydrogen-bond donors (Lipinski definition) is 3. The zero-order valence-corrected chi connectivity index (χ0v) is 44.2. The van der Waals surface area contributed by atoms with Crippen LogP contribution in [0.3, 0.4) is 0 Å². The maximum absolute atomic E-state index is 10.6. The van der Waals surface area contributed by atoms with Crippen molar-refractivity contribution in [3.8, 4) is 23.0 Å². The van der Waals surface area contributed by atoms with Crippen LogP contribution in [0.15, 0.2) is 48.6 Å². The summed E-state index contributed by atoms with van der Waals surface area (Å²) in [6.07, 6.45) is 8.06. The van der Waals surface area contributed by atoms with Crippen LogP contribution in [0.25, 0.3) is 0 Å². The fourth-order valence-corrected chi connectivity index (χ4v) is 9.88. The van der Waals surface area contributed by atoms with Crippen molar-refractivity contribution in [2.75, 3.05) is 81.7 Å². The van der Waals surface area contributed by atoms with E-state index in [0.29, 0.717) is 50.0 Å². The zero-order chi connectivity index (χ0) is 43.1. The first kappa shape index (κ1) is 55.1. The summed E-state index contributed by atoms with van der Waals surface area (Å²) >= 11 is 5.16. The number of alkyl halides is 1. The summed E-state index contributed by atoms with van der Waals surface area (Å²) < 4.78 is 38.0. The topological polar surface area (TPSA) is 181 Å². The van der Waals surface area contributed by atoms with Crippen molar-refractivity contribution in [3.05, 3.63) is 70.8 Å². The molecule has 8 rings (SSSR count). The van der Waals surface area contributed by atoms with Gasteiger partial charge in [-0.05, 0) is 64.3 Å². The van der Waals surface area contributed by atoms with Gasteiger partial charge in [-0.15, -0.1) is 0 Å². The minimum atomic E-state index is -0.633. The van der Waals surface area contributed by atoms with Crippen LogP contribution in [-0.2, 0) is 52.3 Å². The number of benzene rings is 2. The van der Waals surface area contributed by atoms with Crippen LogP contribution < -0.4 is 122 Å². The van der Waals surface area contributed by atoms with E-state index >= 15 is 0 Å². The Morgan fingerprint density at radius 2 is 1.25 bits per heavy atom. The van der Waals surface area contributed by atoms with E-state index < -0.39 is 12.2 Å². The third kappa shape index (κ3) is 11.5. The first-order valence-electron chi connectivity index (χ1n) is 19.7. The molecule has 2 aliphatic heterocycles. The third-order valence-corrected chi connectivity index (χ3v) is 12.7. The fraction of sp³-hybridized carbons (Fsp3) is 0.605. The molecular formula is C43H61ClK2N2O13. The molecule has 2 heterocycles. The van der Waals surface area contributed by atoms with Gasteiger partial charge in [-0.25, -0.2) is 0 Å². The van der Waals surface area contributed by atoms with Crippen molar-refractivity contribution in [1.29, 1.82) is 0 Å². The Kier molecular flexibility index (Phi) is 22.7. The molecule has 15 nitrogen and oxygen atoms in total. The molecule has 2 aromatic rings. The molecule has 61 heavy (non-hydrogen) atoms. The molecule has 10 atom stereocenters. The Hall–Kier alpha value is -0.207. The summed E-state index contributed by atoms with van der Waals surface area (Å²) in [6.45, 7) is 6.56. The Morgan fingerprint density at radius 3 is 1.70 bits per heavy atom. The number of ether oxygens (including phenoxy) is 7. The van der Waals surface area contributed by atoms with Crippen molar-refractivity contribution in [3.63, 3.8) is 0 Å². The van der Waals surface area contributed by atoms with E-state index in [2.05, 4.69) is 79.7 Å². The number of aromatic hydroxyl groups is 1. The minimum Gasteiger partial charge on any atom is -1.00 e. The smallest absolute Gasteiger partial charge is 1.00 e. The molecule has 0 bridgehead atoms. The molecule has 3 N–H and O–H groups in total. The van der Waals surface area contributed by atoms with Gasteiger partial charge < -0.3 is 69.8 Å². The summed E-state index contributed by atoms with van der Waals surface area (Å²) in [6, 6.07) is 8.80.